The van der Waals surface area contributed by atoms with E-state index in [9.17, 15) is 9.90 Å². The van der Waals surface area contributed by atoms with Crippen LogP contribution in [0.1, 0.15) is 32.8 Å². The van der Waals surface area contributed by atoms with Crippen molar-refractivity contribution in [2.75, 3.05) is 13.2 Å². The van der Waals surface area contributed by atoms with Crippen LogP contribution in [0.3, 0.4) is 0 Å². The molecule has 4 heteroatoms. The summed E-state index contributed by atoms with van der Waals surface area (Å²) < 4.78 is 5.59. The number of carbonyl (C=O) groups excluding carboxylic acids is 1. The van der Waals surface area contributed by atoms with Gasteiger partial charge in [0.2, 0.25) is 0 Å². The van der Waals surface area contributed by atoms with Crippen LogP contribution in [0.5, 0.6) is 0 Å². The summed E-state index contributed by atoms with van der Waals surface area (Å²) >= 11 is 0. The van der Waals surface area contributed by atoms with Gasteiger partial charge in [0.15, 0.2) is 0 Å². The van der Waals surface area contributed by atoms with E-state index in [2.05, 4.69) is 0 Å². The fourth-order valence-electron chi connectivity index (χ4n) is 2.67. The van der Waals surface area contributed by atoms with Crippen LogP contribution >= 0.6 is 0 Å². The summed E-state index contributed by atoms with van der Waals surface area (Å²) in [5.41, 5.74) is 0.132. The highest BCUT2D eigenvalue weighted by atomic mass is 16.5. The molecule has 0 aliphatic carbocycles. The first kappa shape index (κ1) is 16.0. The minimum Gasteiger partial charge on any atom is -0.389 e. The summed E-state index contributed by atoms with van der Waals surface area (Å²) in [7, 11) is 0. The lowest BCUT2D eigenvalue weighted by molar-refractivity contribution is -0.146. The Morgan fingerprint density at radius 2 is 2.05 bits per heavy atom. The highest BCUT2D eigenvalue weighted by Crippen LogP contribution is 2.23. The van der Waals surface area contributed by atoms with Gasteiger partial charge in [0.25, 0.3) is 5.91 Å². The summed E-state index contributed by atoms with van der Waals surface area (Å²) in [6.45, 7) is 6.91. The average molecular weight is 291 g/mol. The third kappa shape index (κ3) is 4.55. The van der Waals surface area contributed by atoms with Gasteiger partial charge in [0, 0.05) is 19.7 Å². The second-order valence-corrected chi connectivity index (χ2v) is 6.55. The molecule has 116 valence electrons. The number of aliphatic hydroxyl groups is 1. The normalized spacial score (nSPS) is 22.3. The molecular formula is C17H25NO3. The zero-order valence-corrected chi connectivity index (χ0v) is 13.1. The number of benzene rings is 1. The Labute approximate surface area is 126 Å². The molecule has 1 N–H and O–H groups in total. The lowest BCUT2D eigenvalue weighted by Gasteiger charge is -2.31. The zero-order valence-electron chi connectivity index (χ0n) is 13.1. The van der Waals surface area contributed by atoms with E-state index in [0.29, 0.717) is 19.7 Å². The molecule has 1 aliphatic rings. The minimum atomic E-state index is -0.924. The standard InChI is InChI=1S/C17H25NO3/c1-13-9-10-21-15(13)16(19)18(12-17(2,3)20)11-14-7-5-4-6-8-14/h4-8,13,15,20H,9-12H2,1-3H3. The van der Waals surface area contributed by atoms with E-state index in [1.54, 1.807) is 18.7 Å². The average Bonchev–Trinajstić information content (AvgIpc) is 2.83. The lowest BCUT2D eigenvalue weighted by atomic mass is 10.0. The summed E-state index contributed by atoms with van der Waals surface area (Å²) in [4.78, 5) is 14.4. The van der Waals surface area contributed by atoms with Crippen molar-refractivity contribution in [3.05, 3.63) is 35.9 Å². The highest BCUT2D eigenvalue weighted by molar-refractivity contribution is 5.81. The summed E-state index contributed by atoms with van der Waals surface area (Å²) in [5, 5.41) is 10.1. The van der Waals surface area contributed by atoms with Crippen molar-refractivity contribution in [3.8, 4) is 0 Å². The summed E-state index contributed by atoms with van der Waals surface area (Å²) in [6, 6.07) is 9.84. The number of ether oxygens (including phenoxy) is 1. The quantitative estimate of drug-likeness (QED) is 0.905. The largest absolute Gasteiger partial charge is 0.389 e. The second-order valence-electron chi connectivity index (χ2n) is 6.55. The number of amides is 1. The summed E-state index contributed by atoms with van der Waals surface area (Å²) in [6.07, 6.45) is 0.536. The molecule has 21 heavy (non-hydrogen) atoms. The fraction of sp³-hybridized carbons (Fsp3) is 0.588. The van der Waals surface area contributed by atoms with Crippen LogP contribution < -0.4 is 0 Å². The van der Waals surface area contributed by atoms with E-state index < -0.39 is 5.60 Å². The van der Waals surface area contributed by atoms with E-state index >= 15 is 0 Å². The number of hydrogen-bond donors (Lipinski definition) is 1. The summed E-state index contributed by atoms with van der Waals surface area (Å²) in [5.74, 6) is 0.212. The van der Waals surface area contributed by atoms with E-state index in [4.69, 9.17) is 4.74 Å². The molecule has 1 heterocycles. The molecule has 0 radical (unpaired) electrons. The highest BCUT2D eigenvalue weighted by Gasteiger charge is 2.35. The van der Waals surface area contributed by atoms with Crippen LogP contribution in [0, 0.1) is 5.92 Å². The Bertz CT molecular complexity index is 467. The van der Waals surface area contributed by atoms with Crippen molar-refractivity contribution in [2.24, 2.45) is 5.92 Å². The smallest absolute Gasteiger partial charge is 0.252 e. The Kier molecular flexibility index (Phi) is 5.01. The number of nitrogens with zero attached hydrogens (tertiary/aromatic N) is 1. The van der Waals surface area contributed by atoms with Gasteiger partial charge in [-0.1, -0.05) is 37.3 Å². The van der Waals surface area contributed by atoms with Crippen molar-refractivity contribution in [3.63, 3.8) is 0 Å². The molecule has 1 amide bonds. The zero-order chi connectivity index (χ0) is 15.5. The molecule has 1 aliphatic heterocycles. The molecule has 0 saturated carbocycles. The molecule has 0 spiro atoms. The number of carbonyl (C=O) groups is 1. The first-order valence-electron chi connectivity index (χ1n) is 7.53. The van der Waals surface area contributed by atoms with E-state index in [0.717, 1.165) is 12.0 Å². The van der Waals surface area contributed by atoms with Gasteiger partial charge in [-0.15, -0.1) is 0 Å². The predicted molar refractivity (Wildman–Crippen MR) is 81.7 cm³/mol. The van der Waals surface area contributed by atoms with Crippen LogP contribution in [0.2, 0.25) is 0 Å². The molecule has 1 aromatic carbocycles. The fourth-order valence-corrected chi connectivity index (χ4v) is 2.67. The molecular weight excluding hydrogens is 266 g/mol. The second kappa shape index (κ2) is 6.58. The molecule has 1 saturated heterocycles. The Morgan fingerprint density at radius 1 is 1.38 bits per heavy atom. The van der Waals surface area contributed by atoms with Gasteiger partial charge in [-0.05, 0) is 31.7 Å². The maximum atomic E-state index is 12.7. The predicted octanol–water partition coefficient (Wildman–Crippen LogP) is 2.21. The van der Waals surface area contributed by atoms with Crippen LogP contribution in [0.15, 0.2) is 30.3 Å². The van der Waals surface area contributed by atoms with E-state index in [-0.39, 0.29) is 17.9 Å². The Morgan fingerprint density at radius 3 is 2.57 bits per heavy atom. The van der Waals surface area contributed by atoms with Crippen LogP contribution in [-0.4, -0.2) is 40.8 Å². The van der Waals surface area contributed by atoms with Crippen molar-refractivity contribution in [1.29, 1.82) is 0 Å². The van der Waals surface area contributed by atoms with Gasteiger partial charge >= 0.3 is 0 Å². The minimum absolute atomic E-state index is 0.0222. The van der Waals surface area contributed by atoms with Gasteiger partial charge in [0.05, 0.1) is 5.60 Å². The lowest BCUT2D eigenvalue weighted by Crippen LogP contribution is -2.47. The third-order valence-electron chi connectivity index (χ3n) is 3.74. The Hall–Kier alpha value is -1.39. The maximum Gasteiger partial charge on any atom is 0.252 e. The van der Waals surface area contributed by atoms with Crippen molar-refractivity contribution in [2.45, 2.75) is 45.4 Å². The van der Waals surface area contributed by atoms with E-state index in [1.165, 1.54) is 0 Å². The third-order valence-corrected chi connectivity index (χ3v) is 3.74. The van der Waals surface area contributed by atoms with Crippen molar-refractivity contribution >= 4 is 5.91 Å². The molecule has 2 rings (SSSR count). The van der Waals surface area contributed by atoms with Crippen LogP contribution in [-0.2, 0) is 16.1 Å². The molecule has 0 bridgehead atoms. The first-order valence-corrected chi connectivity index (χ1v) is 7.53. The van der Waals surface area contributed by atoms with Gasteiger partial charge in [-0.2, -0.15) is 0 Å². The molecule has 2 atom stereocenters. The molecule has 1 fully saturated rings. The van der Waals surface area contributed by atoms with Crippen molar-refractivity contribution in [1.82, 2.24) is 4.90 Å². The molecule has 2 unspecified atom stereocenters. The van der Waals surface area contributed by atoms with Crippen LogP contribution in [0.4, 0.5) is 0 Å². The Balaban J connectivity index is 2.13. The van der Waals surface area contributed by atoms with E-state index in [1.807, 2.05) is 37.3 Å². The van der Waals surface area contributed by atoms with Gasteiger partial charge < -0.3 is 14.7 Å². The SMILES string of the molecule is CC1CCOC1C(=O)N(Cc1ccccc1)CC(C)(C)O. The number of hydrogen-bond acceptors (Lipinski definition) is 3. The van der Waals surface area contributed by atoms with Crippen LogP contribution in [0.25, 0.3) is 0 Å². The van der Waals surface area contributed by atoms with Gasteiger partial charge in [0.1, 0.15) is 6.10 Å². The topological polar surface area (TPSA) is 49.8 Å². The van der Waals surface area contributed by atoms with Crippen molar-refractivity contribution < 1.29 is 14.6 Å². The van der Waals surface area contributed by atoms with Gasteiger partial charge in [-0.25, -0.2) is 0 Å². The number of rotatable bonds is 5. The van der Waals surface area contributed by atoms with Gasteiger partial charge in [-0.3, -0.25) is 4.79 Å². The molecule has 1 aromatic rings. The molecule has 4 nitrogen and oxygen atoms in total. The first-order chi connectivity index (χ1) is 9.87. The monoisotopic (exact) mass is 291 g/mol. The molecule has 0 aromatic heterocycles. The maximum absolute atomic E-state index is 12.7.